The van der Waals surface area contributed by atoms with Crippen molar-refractivity contribution in [3.63, 3.8) is 0 Å². The van der Waals surface area contributed by atoms with Crippen molar-refractivity contribution in [3.8, 4) is 34.2 Å². The van der Waals surface area contributed by atoms with E-state index in [0.717, 1.165) is 18.4 Å². The lowest BCUT2D eigenvalue weighted by Gasteiger charge is -2.08. The van der Waals surface area contributed by atoms with Crippen LogP contribution in [-0.4, -0.2) is 46.0 Å². The number of nitrogens with one attached hydrogen (secondary N) is 3. The van der Waals surface area contributed by atoms with Gasteiger partial charge in [-0.15, -0.1) is 0 Å². The summed E-state index contributed by atoms with van der Waals surface area (Å²) < 4.78 is 16.0. The zero-order valence-electron chi connectivity index (χ0n) is 20.4. The molecule has 0 saturated heterocycles. The number of imidazole rings is 1. The molecule has 0 saturated carbocycles. The molecule has 0 aliphatic heterocycles. The summed E-state index contributed by atoms with van der Waals surface area (Å²) in [4.78, 5) is 37.4. The van der Waals surface area contributed by atoms with Gasteiger partial charge in [0, 0.05) is 30.6 Å². The van der Waals surface area contributed by atoms with Crippen molar-refractivity contribution in [1.82, 2.24) is 40.1 Å². The lowest BCUT2D eigenvalue weighted by molar-refractivity contribution is -0.116. The second-order valence-corrected chi connectivity index (χ2v) is 8.75. The Morgan fingerprint density at radius 2 is 1.92 bits per heavy atom. The predicted molar refractivity (Wildman–Crippen MR) is 141 cm³/mol. The Morgan fingerprint density at radius 1 is 1.00 bits per heavy atom. The average Bonchev–Trinajstić information content (AvgIpc) is 3.57. The number of carbonyl (C=O) groups excluding carboxylic acids is 1. The molecule has 0 bridgehead atoms. The van der Waals surface area contributed by atoms with Gasteiger partial charge >= 0.3 is 0 Å². The molecular formula is C27H22FN9O. The first-order valence-corrected chi connectivity index (χ1v) is 12.2. The van der Waals surface area contributed by atoms with E-state index in [1.165, 1.54) is 18.6 Å². The summed E-state index contributed by atoms with van der Waals surface area (Å²) in [5, 5.41) is 10.2. The van der Waals surface area contributed by atoms with Crippen molar-refractivity contribution in [2.75, 3.05) is 5.32 Å². The minimum Gasteiger partial charge on any atom is -0.336 e. The topological polar surface area (TPSA) is 138 Å². The molecule has 0 fully saturated rings. The number of aromatic nitrogens is 8. The number of unbranched alkanes of at least 4 members (excludes halogenated alkanes) is 1. The normalized spacial score (nSPS) is 11.3. The van der Waals surface area contributed by atoms with E-state index >= 15 is 4.39 Å². The fraction of sp³-hybridized carbons (Fsp3) is 0.148. The van der Waals surface area contributed by atoms with E-state index in [4.69, 9.17) is 4.98 Å². The van der Waals surface area contributed by atoms with Crippen LogP contribution in [0.5, 0.6) is 0 Å². The predicted octanol–water partition coefficient (Wildman–Crippen LogP) is 5.29. The Hall–Kier alpha value is -5.06. The molecule has 0 atom stereocenters. The molecule has 188 valence electrons. The van der Waals surface area contributed by atoms with Crippen LogP contribution in [0.3, 0.4) is 0 Å². The van der Waals surface area contributed by atoms with Crippen LogP contribution in [-0.2, 0) is 4.79 Å². The quantitative estimate of drug-likeness (QED) is 0.267. The van der Waals surface area contributed by atoms with E-state index in [1.54, 1.807) is 24.5 Å². The van der Waals surface area contributed by atoms with Crippen molar-refractivity contribution < 1.29 is 9.18 Å². The van der Waals surface area contributed by atoms with Gasteiger partial charge in [0.05, 0.1) is 40.2 Å². The number of carbonyl (C=O) groups is 1. The van der Waals surface area contributed by atoms with Crippen LogP contribution in [0.15, 0.2) is 61.3 Å². The second-order valence-electron chi connectivity index (χ2n) is 8.75. The molecule has 6 aromatic rings. The second kappa shape index (κ2) is 9.77. The number of rotatable bonds is 7. The van der Waals surface area contributed by atoms with Crippen LogP contribution in [0.1, 0.15) is 26.2 Å². The van der Waals surface area contributed by atoms with Crippen molar-refractivity contribution in [2.24, 2.45) is 0 Å². The van der Waals surface area contributed by atoms with Crippen LogP contribution < -0.4 is 5.32 Å². The first kappa shape index (κ1) is 23.3. The third-order valence-electron chi connectivity index (χ3n) is 6.13. The number of pyridine rings is 4. The van der Waals surface area contributed by atoms with E-state index in [9.17, 15) is 4.79 Å². The molecule has 11 heteroatoms. The highest BCUT2D eigenvalue weighted by Crippen LogP contribution is 2.34. The number of hydrogen-bond acceptors (Lipinski definition) is 7. The van der Waals surface area contributed by atoms with Crippen molar-refractivity contribution in [2.45, 2.75) is 26.2 Å². The van der Waals surface area contributed by atoms with E-state index < -0.39 is 5.82 Å². The van der Waals surface area contributed by atoms with E-state index in [-0.39, 0.29) is 17.0 Å². The highest BCUT2D eigenvalue weighted by Gasteiger charge is 2.22. The standard InChI is InChI=1S/C27H22FN9O/c1-2-3-7-20(38)33-16-11-15(12-29-13-16)23-22(28)21-19(14-32-23)36-37-26(21)27-34-18-8-10-31-24(25(18)35-27)17-6-4-5-9-30-17/h4-6,8-14H,2-3,7H2,1H3,(H,33,38)(H,34,35)(H,36,37). The maximum Gasteiger partial charge on any atom is 0.224 e. The van der Waals surface area contributed by atoms with Crippen molar-refractivity contribution >= 4 is 33.5 Å². The largest absolute Gasteiger partial charge is 0.336 e. The maximum absolute atomic E-state index is 16.0. The summed E-state index contributed by atoms with van der Waals surface area (Å²) in [6.45, 7) is 2.02. The molecule has 38 heavy (non-hydrogen) atoms. The zero-order valence-corrected chi connectivity index (χ0v) is 20.4. The number of halogens is 1. The molecule has 0 aliphatic carbocycles. The van der Waals surface area contributed by atoms with E-state index in [1.807, 2.05) is 25.1 Å². The molecular weight excluding hydrogens is 485 g/mol. The van der Waals surface area contributed by atoms with Gasteiger partial charge < -0.3 is 10.3 Å². The molecule has 0 radical (unpaired) electrons. The molecule has 6 aromatic heterocycles. The number of fused-ring (bicyclic) bond motifs is 2. The van der Waals surface area contributed by atoms with Gasteiger partial charge in [0.15, 0.2) is 11.6 Å². The third-order valence-corrected chi connectivity index (χ3v) is 6.13. The van der Waals surface area contributed by atoms with Gasteiger partial charge in [0.25, 0.3) is 0 Å². The Bertz CT molecular complexity index is 1780. The lowest BCUT2D eigenvalue weighted by Crippen LogP contribution is -2.11. The number of hydrogen-bond donors (Lipinski definition) is 3. The number of amides is 1. The van der Waals surface area contributed by atoms with E-state index in [2.05, 4.69) is 40.4 Å². The molecule has 0 aromatic carbocycles. The van der Waals surface area contributed by atoms with E-state index in [0.29, 0.717) is 51.6 Å². The molecule has 3 N–H and O–H groups in total. The minimum absolute atomic E-state index is 0.0873. The number of H-pyrrole nitrogens is 2. The van der Waals surface area contributed by atoms with Gasteiger partial charge in [0.2, 0.25) is 5.91 Å². The van der Waals surface area contributed by atoms with Gasteiger partial charge in [-0.05, 0) is 30.7 Å². The third kappa shape index (κ3) is 4.23. The number of aromatic amines is 2. The fourth-order valence-electron chi connectivity index (χ4n) is 4.28. The first-order valence-electron chi connectivity index (χ1n) is 12.2. The Balaban J connectivity index is 1.41. The monoisotopic (exact) mass is 507 g/mol. The van der Waals surface area contributed by atoms with Crippen LogP contribution >= 0.6 is 0 Å². The summed E-state index contributed by atoms with van der Waals surface area (Å²) >= 11 is 0. The molecule has 0 spiro atoms. The number of anilines is 1. The first-order chi connectivity index (χ1) is 18.6. The molecule has 6 heterocycles. The fourth-order valence-corrected chi connectivity index (χ4v) is 4.28. The Morgan fingerprint density at radius 3 is 2.76 bits per heavy atom. The number of nitrogens with zero attached hydrogens (tertiary/aromatic N) is 6. The molecule has 0 aliphatic rings. The van der Waals surface area contributed by atoms with Gasteiger partial charge in [-0.3, -0.25) is 29.8 Å². The summed E-state index contributed by atoms with van der Waals surface area (Å²) in [6, 6.07) is 9.01. The smallest absolute Gasteiger partial charge is 0.224 e. The van der Waals surface area contributed by atoms with Gasteiger partial charge in [-0.1, -0.05) is 19.4 Å². The van der Waals surface area contributed by atoms with Crippen LogP contribution in [0.4, 0.5) is 10.1 Å². The van der Waals surface area contributed by atoms with Crippen LogP contribution in [0, 0.1) is 5.82 Å². The van der Waals surface area contributed by atoms with Gasteiger partial charge in [0.1, 0.15) is 22.6 Å². The van der Waals surface area contributed by atoms with Crippen LogP contribution in [0.2, 0.25) is 0 Å². The Labute approximate surface area is 215 Å². The maximum atomic E-state index is 16.0. The minimum atomic E-state index is -0.578. The molecule has 0 unspecified atom stereocenters. The van der Waals surface area contributed by atoms with Crippen molar-refractivity contribution in [1.29, 1.82) is 0 Å². The van der Waals surface area contributed by atoms with Gasteiger partial charge in [-0.2, -0.15) is 5.10 Å². The molecule has 10 nitrogen and oxygen atoms in total. The Kier molecular flexibility index (Phi) is 6.00. The molecule has 6 rings (SSSR count). The highest BCUT2D eigenvalue weighted by atomic mass is 19.1. The SMILES string of the molecule is CCCCC(=O)Nc1cncc(-c2ncc3[nH]nc(-c4nc5c(-c6ccccn6)nccc5[nH]4)c3c2F)c1. The highest BCUT2D eigenvalue weighted by molar-refractivity contribution is 5.97. The lowest BCUT2D eigenvalue weighted by atomic mass is 10.1. The zero-order chi connectivity index (χ0) is 26.1. The molecule has 1 amide bonds. The summed E-state index contributed by atoms with van der Waals surface area (Å²) in [5.74, 6) is -0.315. The van der Waals surface area contributed by atoms with Crippen molar-refractivity contribution in [3.05, 3.63) is 67.1 Å². The van der Waals surface area contributed by atoms with Crippen LogP contribution in [0.25, 0.3) is 56.1 Å². The van der Waals surface area contributed by atoms with Gasteiger partial charge in [-0.25, -0.2) is 9.37 Å². The average molecular weight is 508 g/mol. The summed E-state index contributed by atoms with van der Waals surface area (Å²) in [6.07, 6.45) is 10.0. The summed E-state index contributed by atoms with van der Waals surface area (Å²) in [7, 11) is 0. The summed E-state index contributed by atoms with van der Waals surface area (Å²) in [5.41, 5.74) is 4.32.